The Kier molecular flexibility index (Phi) is 6.35. The molecule has 1 N–H and O–H groups in total. The van der Waals surface area contributed by atoms with Gasteiger partial charge in [0, 0.05) is 31.7 Å². The van der Waals surface area contributed by atoms with Crippen molar-refractivity contribution in [2.24, 2.45) is 17.8 Å². The van der Waals surface area contributed by atoms with Gasteiger partial charge in [0.05, 0.1) is 0 Å². The summed E-state index contributed by atoms with van der Waals surface area (Å²) in [5, 5.41) is 3.79. The molecule has 2 fully saturated rings. The maximum absolute atomic E-state index is 3.79. The smallest absolute Gasteiger partial charge is 0.0244 e. The lowest BCUT2D eigenvalue weighted by molar-refractivity contribution is 0.0594. The van der Waals surface area contributed by atoms with Crippen LogP contribution in [0.15, 0.2) is 0 Å². The van der Waals surface area contributed by atoms with E-state index in [1.807, 2.05) is 0 Å². The van der Waals surface area contributed by atoms with Crippen molar-refractivity contribution in [3.63, 3.8) is 0 Å². The summed E-state index contributed by atoms with van der Waals surface area (Å²) in [7, 11) is 0. The van der Waals surface area contributed by atoms with Crippen LogP contribution >= 0.6 is 0 Å². The van der Waals surface area contributed by atoms with Crippen molar-refractivity contribution in [3.05, 3.63) is 0 Å². The van der Waals surface area contributed by atoms with Crippen molar-refractivity contribution in [2.45, 2.75) is 78.3 Å². The minimum Gasteiger partial charge on any atom is -0.311 e. The molecule has 0 aromatic rings. The summed E-state index contributed by atoms with van der Waals surface area (Å²) in [4.78, 5) is 2.84. The van der Waals surface area contributed by atoms with Crippen LogP contribution in [0.3, 0.4) is 0 Å². The van der Waals surface area contributed by atoms with Gasteiger partial charge in [-0.15, -0.1) is 0 Å². The molecule has 0 radical (unpaired) electrons. The van der Waals surface area contributed by atoms with Gasteiger partial charge in [0.2, 0.25) is 0 Å². The van der Waals surface area contributed by atoms with Gasteiger partial charge in [-0.05, 0) is 30.6 Å². The molecule has 2 aliphatic rings. The van der Waals surface area contributed by atoms with Crippen molar-refractivity contribution >= 4 is 0 Å². The highest BCUT2D eigenvalue weighted by molar-refractivity contribution is 4.89. The van der Waals surface area contributed by atoms with E-state index in [9.17, 15) is 0 Å². The average Bonchev–Trinajstić information content (AvgIpc) is 2.42. The number of nitrogens with zero attached hydrogens (tertiary/aromatic N) is 1. The SMILES string of the molecule is CCCC1CN(CC2CCCCC2C)C(C(C)C)CN1. The lowest BCUT2D eigenvalue weighted by Crippen LogP contribution is -2.59. The van der Waals surface area contributed by atoms with Crippen molar-refractivity contribution in [1.82, 2.24) is 10.2 Å². The van der Waals surface area contributed by atoms with Crippen LogP contribution in [-0.4, -0.2) is 36.6 Å². The number of hydrogen-bond donors (Lipinski definition) is 1. The second-order valence-corrected chi connectivity index (χ2v) is 7.68. The Morgan fingerprint density at radius 3 is 2.60 bits per heavy atom. The third-order valence-electron chi connectivity index (χ3n) is 5.70. The molecule has 1 saturated heterocycles. The van der Waals surface area contributed by atoms with Gasteiger partial charge >= 0.3 is 0 Å². The minimum atomic E-state index is 0.730. The van der Waals surface area contributed by atoms with Gasteiger partial charge in [-0.2, -0.15) is 0 Å². The minimum absolute atomic E-state index is 0.730. The molecule has 2 nitrogen and oxygen atoms in total. The maximum Gasteiger partial charge on any atom is 0.0244 e. The number of hydrogen-bond acceptors (Lipinski definition) is 2. The van der Waals surface area contributed by atoms with Gasteiger partial charge in [0.15, 0.2) is 0 Å². The van der Waals surface area contributed by atoms with E-state index in [2.05, 4.69) is 37.9 Å². The molecule has 2 rings (SSSR count). The van der Waals surface area contributed by atoms with E-state index in [4.69, 9.17) is 0 Å². The Balaban J connectivity index is 1.95. The van der Waals surface area contributed by atoms with Gasteiger partial charge in [-0.3, -0.25) is 4.90 Å². The van der Waals surface area contributed by atoms with E-state index in [1.54, 1.807) is 0 Å². The third-order valence-corrected chi connectivity index (χ3v) is 5.70. The van der Waals surface area contributed by atoms with E-state index in [-0.39, 0.29) is 0 Å². The topological polar surface area (TPSA) is 15.3 Å². The summed E-state index contributed by atoms with van der Waals surface area (Å²) in [6.07, 6.45) is 8.49. The van der Waals surface area contributed by atoms with Crippen LogP contribution in [-0.2, 0) is 0 Å². The predicted octanol–water partition coefficient (Wildman–Crippen LogP) is 3.91. The summed E-state index contributed by atoms with van der Waals surface area (Å²) >= 11 is 0. The van der Waals surface area contributed by atoms with Gasteiger partial charge in [0.25, 0.3) is 0 Å². The molecule has 118 valence electrons. The lowest BCUT2D eigenvalue weighted by atomic mass is 9.79. The van der Waals surface area contributed by atoms with Gasteiger partial charge in [0.1, 0.15) is 0 Å². The lowest BCUT2D eigenvalue weighted by Gasteiger charge is -2.45. The molecular weight excluding hydrogens is 244 g/mol. The largest absolute Gasteiger partial charge is 0.311 e. The van der Waals surface area contributed by atoms with Gasteiger partial charge < -0.3 is 5.32 Å². The molecule has 1 heterocycles. The molecule has 4 atom stereocenters. The molecule has 20 heavy (non-hydrogen) atoms. The molecule has 0 spiro atoms. The number of rotatable bonds is 5. The van der Waals surface area contributed by atoms with Crippen LogP contribution < -0.4 is 5.32 Å². The first kappa shape index (κ1) is 16.3. The first-order valence-electron chi connectivity index (χ1n) is 9.09. The average molecular weight is 280 g/mol. The summed E-state index contributed by atoms with van der Waals surface area (Å²) in [5.74, 6) is 2.66. The normalized spacial score (nSPS) is 36.5. The second kappa shape index (κ2) is 7.79. The molecular formula is C18H36N2. The highest BCUT2D eigenvalue weighted by Gasteiger charge is 2.32. The maximum atomic E-state index is 3.79. The highest BCUT2D eigenvalue weighted by Crippen LogP contribution is 2.31. The van der Waals surface area contributed by atoms with Crippen LogP contribution in [0.5, 0.6) is 0 Å². The zero-order chi connectivity index (χ0) is 14.5. The Labute approximate surface area is 126 Å². The number of piperazine rings is 1. The second-order valence-electron chi connectivity index (χ2n) is 7.68. The van der Waals surface area contributed by atoms with Crippen molar-refractivity contribution in [3.8, 4) is 0 Å². The van der Waals surface area contributed by atoms with Crippen molar-refractivity contribution in [1.29, 1.82) is 0 Å². The van der Waals surface area contributed by atoms with E-state index in [0.717, 1.165) is 29.8 Å². The Morgan fingerprint density at radius 2 is 1.95 bits per heavy atom. The van der Waals surface area contributed by atoms with Crippen LogP contribution in [0.2, 0.25) is 0 Å². The molecule has 0 aromatic carbocycles. The third kappa shape index (κ3) is 4.21. The molecule has 2 heteroatoms. The Bertz CT molecular complexity index is 277. The fourth-order valence-corrected chi connectivity index (χ4v) is 4.27. The predicted molar refractivity (Wildman–Crippen MR) is 88.0 cm³/mol. The quantitative estimate of drug-likeness (QED) is 0.821. The Hall–Kier alpha value is -0.0800. The standard InChI is InChI=1S/C18H36N2/c1-5-8-17-13-20(18(11-19-17)14(2)3)12-16-10-7-6-9-15(16)4/h14-19H,5-13H2,1-4H3. The van der Waals surface area contributed by atoms with Crippen molar-refractivity contribution in [2.75, 3.05) is 19.6 Å². The van der Waals surface area contributed by atoms with E-state index in [1.165, 1.54) is 58.2 Å². The number of nitrogens with one attached hydrogen (secondary N) is 1. The summed E-state index contributed by atoms with van der Waals surface area (Å²) in [5.41, 5.74) is 0. The van der Waals surface area contributed by atoms with Crippen molar-refractivity contribution < 1.29 is 0 Å². The molecule has 1 aliphatic carbocycles. The molecule has 0 amide bonds. The van der Waals surface area contributed by atoms with E-state index < -0.39 is 0 Å². The van der Waals surface area contributed by atoms with Gasteiger partial charge in [-0.25, -0.2) is 0 Å². The zero-order valence-electron chi connectivity index (χ0n) is 14.2. The fourth-order valence-electron chi connectivity index (χ4n) is 4.27. The molecule has 1 saturated carbocycles. The van der Waals surface area contributed by atoms with E-state index >= 15 is 0 Å². The van der Waals surface area contributed by atoms with Gasteiger partial charge in [-0.1, -0.05) is 53.4 Å². The molecule has 0 aromatic heterocycles. The summed E-state index contributed by atoms with van der Waals surface area (Å²) in [6, 6.07) is 1.48. The summed E-state index contributed by atoms with van der Waals surface area (Å²) in [6.45, 7) is 13.4. The monoisotopic (exact) mass is 280 g/mol. The first-order valence-corrected chi connectivity index (χ1v) is 9.09. The summed E-state index contributed by atoms with van der Waals surface area (Å²) < 4.78 is 0. The molecule has 4 unspecified atom stereocenters. The molecule has 1 aliphatic heterocycles. The first-order chi connectivity index (χ1) is 9.61. The fraction of sp³-hybridized carbons (Fsp3) is 1.00. The zero-order valence-corrected chi connectivity index (χ0v) is 14.2. The molecule has 0 bridgehead atoms. The van der Waals surface area contributed by atoms with Crippen LogP contribution in [0.4, 0.5) is 0 Å². The highest BCUT2D eigenvalue weighted by atomic mass is 15.2. The van der Waals surface area contributed by atoms with Crippen LogP contribution in [0, 0.1) is 17.8 Å². The van der Waals surface area contributed by atoms with Crippen LogP contribution in [0.1, 0.15) is 66.2 Å². The van der Waals surface area contributed by atoms with Crippen LogP contribution in [0.25, 0.3) is 0 Å². The van der Waals surface area contributed by atoms with E-state index in [0.29, 0.717) is 0 Å². The Morgan fingerprint density at radius 1 is 1.20 bits per heavy atom.